The van der Waals surface area contributed by atoms with Gasteiger partial charge in [-0.2, -0.15) is 4.98 Å². The van der Waals surface area contributed by atoms with E-state index in [0.29, 0.717) is 24.9 Å². The molecule has 1 heterocycles. The van der Waals surface area contributed by atoms with Crippen LogP contribution in [0.4, 0.5) is 11.8 Å². The van der Waals surface area contributed by atoms with E-state index in [-0.39, 0.29) is 6.61 Å². The number of ether oxygens (including phenoxy) is 1. The summed E-state index contributed by atoms with van der Waals surface area (Å²) in [6.45, 7) is 0.988. The first kappa shape index (κ1) is 17.7. The molecule has 0 saturated heterocycles. The summed E-state index contributed by atoms with van der Waals surface area (Å²) >= 11 is 0. The molecule has 0 aliphatic heterocycles. The fourth-order valence-corrected chi connectivity index (χ4v) is 2.58. The van der Waals surface area contributed by atoms with Crippen molar-refractivity contribution in [2.24, 2.45) is 0 Å². The van der Waals surface area contributed by atoms with Crippen LogP contribution in [0, 0.1) is 0 Å². The maximum absolute atomic E-state index is 9.05. The van der Waals surface area contributed by atoms with Crippen molar-refractivity contribution in [2.45, 2.75) is 6.54 Å². The van der Waals surface area contributed by atoms with Crippen molar-refractivity contribution in [3.05, 3.63) is 66.2 Å². The van der Waals surface area contributed by atoms with Gasteiger partial charge in [0.25, 0.3) is 0 Å². The molecule has 3 rings (SSSR count). The third-order valence-electron chi connectivity index (χ3n) is 3.84. The van der Waals surface area contributed by atoms with Gasteiger partial charge in [-0.25, -0.2) is 4.98 Å². The average Bonchev–Trinajstić information content (AvgIpc) is 2.71. The number of anilines is 2. The van der Waals surface area contributed by atoms with Crippen LogP contribution in [0.5, 0.6) is 5.75 Å². The van der Waals surface area contributed by atoms with Crippen LogP contribution in [-0.2, 0) is 6.54 Å². The van der Waals surface area contributed by atoms with Gasteiger partial charge in [-0.05, 0) is 6.07 Å². The second-order valence-electron chi connectivity index (χ2n) is 5.64. The molecule has 3 N–H and O–H groups in total. The van der Waals surface area contributed by atoms with Crippen molar-refractivity contribution >= 4 is 11.8 Å². The van der Waals surface area contributed by atoms with Gasteiger partial charge >= 0.3 is 0 Å². The van der Waals surface area contributed by atoms with E-state index in [1.165, 1.54) is 0 Å². The molecule has 0 bridgehead atoms. The minimum Gasteiger partial charge on any atom is -0.496 e. The lowest BCUT2D eigenvalue weighted by atomic mass is 10.1. The Morgan fingerprint density at radius 1 is 0.962 bits per heavy atom. The standard InChI is InChI=1S/C20H22N4O2/c1-26-18-10-6-5-9-16(18)14-22-19-13-17(15-7-3-2-4-8-15)23-20(24-19)21-11-12-25/h2-10,13,25H,11-12,14H2,1H3,(H2,21,22,23,24). The number of para-hydroxylation sites is 1. The Balaban J connectivity index is 1.85. The molecule has 26 heavy (non-hydrogen) atoms. The molecule has 0 saturated carbocycles. The number of hydrogen-bond acceptors (Lipinski definition) is 6. The van der Waals surface area contributed by atoms with Crippen LogP contribution in [0.25, 0.3) is 11.3 Å². The molecule has 3 aromatic rings. The Morgan fingerprint density at radius 2 is 1.73 bits per heavy atom. The second-order valence-corrected chi connectivity index (χ2v) is 5.64. The second kappa shape index (κ2) is 8.82. The molecule has 6 heteroatoms. The van der Waals surface area contributed by atoms with Gasteiger partial charge in [0, 0.05) is 30.3 Å². The minimum atomic E-state index is 0.0168. The van der Waals surface area contributed by atoms with Gasteiger partial charge in [-0.15, -0.1) is 0 Å². The molecule has 6 nitrogen and oxygen atoms in total. The zero-order valence-electron chi connectivity index (χ0n) is 14.6. The summed E-state index contributed by atoms with van der Waals surface area (Å²) in [4.78, 5) is 9.01. The number of benzene rings is 2. The maximum atomic E-state index is 9.05. The van der Waals surface area contributed by atoms with Gasteiger partial charge in [-0.1, -0.05) is 48.5 Å². The first-order chi connectivity index (χ1) is 12.8. The first-order valence-corrected chi connectivity index (χ1v) is 8.45. The predicted octanol–water partition coefficient (Wildman–Crippen LogP) is 3.17. The fraction of sp³-hybridized carbons (Fsp3) is 0.200. The third-order valence-corrected chi connectivity index (χ3v) is 3.84. The lowest BCUT2D eigenvalue weighted by Gasteiger charge is -2.12. The number of rotatable bonds is 8. The summed E-state index contributed by atoms with van der Waals surface area (Å²) in [5.41, 5.74) is 2.85. The van der Waals surface area contributed by atoms with Gasteiger partial charge < -0.3 is 20.5 Å². The number of nitrogens with one attached hydrogen (secondary N) is 2. The topological polar surface area (TPSA) is 79.3 Å². The number of methoxy groups -OCH3 is 1. The van der Waals surface area contributed by atoms with Crippen molar-refractivity contribution < 1.29 is 9.84 Å². The smallest absolute Gasteiger partial charge is 0.225 e. The van der Waals surface area contributed by atoms with Crippen molar-refractivity contribution in [1.29, 1.82) is 0 Å². The molecular weight excluding hydrogens is 328 g/mol. The summed E-state index contributed by atoms with van der Waals surface area (Å²) in [6, 6.07) is 19.7. The highest BCUT2D eigenvalue weighted by Crippen LogP contribution is 2.23. The van der Waals surface area contributed by atoms with E-state index >= 15 is 0 Å². The minimum absolute atomic E-state index is 0.0168. The van der Waals surface area contributed by atoms with E-state index < -0.39 is 0 Å². The molecule has 0 radical (unpaired) electrons. The van der Waals surface area contributed by atoms with Crippen LogP contribution in [-0.4, -0.2) is 35.3 Å². The SMILES string of the molecule is COc1ccccc1CNc1cc(-c2ccccc2)nc(NCCO)n1. The Labute approximate surface area is 152 Å². The summed E-state index contributed by atoms with van der Waals surface area (Å²) in [5, 5.41) is 15.4. The van der Waals surface area contributed by atoms with E-state index in [9.17, 15) is 0 Å². The average molecular weight is 350 g/mol. The van der Waals surface area contributed by atoms with Crippen LogP contribution in [0.1, 0.15) is 5.56 Å². The van der Waals surface area contributed by atoms with Crippen molar-refractivity contribution in [2.75, 3.05) is 30.9 Å². The van der Waals surface area contributed by atoms with Crippen LogP contribution in [0.3, 0.4) is 0 Å². The third kappa shape index (κ3) is 4.49. The number of aliphatic hydroxyl groups excluding tert-OH is 1. The quantitative estimate of drug-likeness (QED) is 0.579. The van der Waals surface area contributed by atoms with E-state index in [1.54, 1.807) is 7.11 Å². The van der Waals surface area contributed by atoms with Crippen molar-refractivity contribution in [3.8, 4) is 17.0 Å². The first-order valence-electron chi connectivity index (χ1n) is 8.45. The summed E-state index contributed by atoms with van der Waals surface area (Å²) in [6.07, 6.45) is 0. The van der Waals surface area contributed by atoms with Crippen LogP contribution >= 0.6 is 0 Å². The molecule has 0 unspecified atom stereocenters. The molecule has 0 atom stereocenters. The maximum Gasteiger partial charge on any atom is 0.225 e. The largest absolute Gasteiger partial charge is 0.496 e. The molecular formula is C20H22N4O2. The van der Waals surface area contributed by atoms with Crippen LogP contribution in [0.15, 0.2) is 60.7 Å². The Morgan fingerprint density at radius 3 is 2.50 bits per heavy atom. The number of hydrogen-bond donors (Lipinski definition) is 3. The molecule has 0 amide bonds. The number of aliphatic hydroxyl groups is 1. The molecule has 134 valence electrons. The van der Waals surface area contributed by atoms with Gasteiger partial charge in [0.1, 0.15) is 11.6 Å². The number of nitrogens with zero attached hydrogens (tertiary/aromatic N) is 2. The van der Waals surface area contributed by atoms with Crippen molar-refractivity contribution in [1.82, 2.24) is 9.97 Å². The molecule has 1 aromatic heterocycles. The van der Waals surface area contributed by atoms with Gasteiger partial charge in [0.15, 0.2) is 0 Å². The summed E-state index contributed by atoms with van der Waals surface area (Å²) in [5.74, 6) is 2.00. The highest BCUT2D eigenvalue weighted by molar-refractivity contribution is 5.64. The Hall–Kier alpha value is -3.12. The summed E-state index contributed by atoms with van der Waals surface area (Å²) in [7, 11) is 1.66. The highest BCUT2D eigenvalue weighted by Gasteiger charge is 2.08. The fourth-order valence-electron chi connectivity index (χ4n) is 2.58. The monoisotopic (exact) mass is 350 g/mol. The molecule has 0 spiro atoms. The Kier molecular flexibility index (Phi) is 6.01. The lowest BCUT2D eigenvalue weighted by Crippen LogP contribution is -2.11. The lowest BCUT2D eigenvalue weighted by molar-refractivity contribution is 0.311. The molecule has 2 aromatic carbocycles. The molecule has 0 aliphatic rings. The zero-order chi connectivity index (χ0) is 18.2. The zero-order valence-corrected chi connectivity index (χ0v) is 14.6. The van der Waals surface area contributed by atoms with Gasteiger partial charge in [0.05, 0.1) is 19.4 Å². The van der Waals surface area contributed by atoms with Gasteiger partial charge in [0.2, 0.25) is 5.95 Å². The molecule has 0 aliphatic carbocycles. The van der Waals surface area contributed by atoms with Crippen molar-refractivity contribution in [3.63, 3.8) is 0 Å². The van der Waals surface area contributed by atoms with E-state index in [4.69, 9.17) is 9.84 Å². The van der Waals surface area contributed by atoms with E-state index in [0.717, 1.165) is 22.6 Å². The Bertz CT molecular complexity index is 840. The summed E-state index contributed by atoms with van der Waals surface area (Å²) < 4.78 is 5.39. The van der Waals surface area contributed by atoms with Gasteiger partial charge in [-0.3, -0.25) is 0 Å². The molecule has 0 fully saturated rings. The highest BCUT2D eigenvalue weighted by atomic mass is 16.5. The number of aromatic nitrogens is 2. The predicted molar refractivity (Wildman–Crippen MR) is 103 cm³/mol. The normalized spacial score (nSPS) is 10.4. The van der Waals surface area contributed by atoms with E-state index in [1.807, 2.05) is 60.7 Å². The van der Waals surface area contributed by atoms with Crippen LogP contribution in [0.2, 0.25) is 0 Å². The van der Waals surface area contributed by atoms with E-state index in [2.05, 4.69) is 20.6 Å². The van der Waals surface area contributed by atoms with Crippen LogP contribution < -0.4 is 15.4 Å².